The van der Waals surface area contributed by atoms with E-state index in [0.717, 1.165) is 11.3 Å². The fraction of sp³-hybridized carbons (Fsp3) is 0.389. The Balaban J connectivity index is 1.58. The standard InChI is InChI=1S/C18H21ClN2O5/c1-12-16(13(2)26-21-12)7-8-18(23)25-11-17(22)20-9-10-24-15-5-3-14(19)4-6-15/h3-6H,7-11H2,1-2H3,(H,20,22). The Hall–Kier alpha value is -2.54. The van der Waals surface area contributed by atoms with Gasteiger partial charge in [0.1, 0.15) is 18.1 Å². The van der Waals surface area contributed by atoms with Crippen LogP contribution in [0.15, 0.2) is 28.8 Å². The van der Waals surface area contributed by atoms with Crippen LogP contribution in [0, 0.1) is 13.8 Å². The lowest BCUT2D eigenvalue weighted by molar-refractivity contribution is -0.148. The van der Waals surface area contributed by atoms with Crippen molar-refractivity contribution in [2.75, 3.05) is 19.8 Å². The molecule has 1 aromatic carbocycles. The Bertz CT molecular complexity index is 723. The van der Waals surface area contributed by atoms with Gasteiger partial charge in [-0.25, -0.2) is 0 Å². The maximum absolute atomic E-state index is 11.7. The molecule has 0 saturated carbocycles. The molecule has 1 amide bonds. The van der Waals surface area contributed by atoms with E-state index in [9.17, 15) is 9.59 Å². The number of aromatic nitrogens is 1. The maximum Gasteiger partial charge on any atom is 0.306 e. The lowest BCUT2D eigenvalue weighted by Gasteiger charge is -2.08. The first-order valence-corrected chi connectivity index (χ1v) is 8.56. The molecule has 0 bridgehead atoms. The number of amides is 1. The van der Waals surface area contributed by atoms with E-state index >= 15 is 0 Å². The van der Waals surface area contributed by atoms with Gasteiger partial charge < -0.3 is 19.3 Å². The third-order valence-electron chi connectivity index (χ3n) is 3.63. The van der Waals surface area contributed by atoms with Gasteiger partial charge in [0.25, 0.3) is 5.91 Å². The molecule has 8 heteroatoms. The summed E-state index contributed by atoms with van der Waals surface area (Å²) in [5, 5.41) is 7.07. The van der Waals surface area contributed by atoms with Crippen LogP contribution in [0.2, 0.25) is 5.02 Å². The van der Waals surface area contributed by atoms with Crippen LogP contribution in [0.5, 0.6) is 5.75 Å². The molecular weight excluding hydrogens is 360 g/mol. The molecule has 1 N–H and O–H groups in total. The van der Waals surface area contributed by atoms with Crippen LogP contribution in [0.4, 0.5) is 0 Å². The molecule has 2 aromatic rings. The third kappa shape index (κ3) is 6.40. The van der Waals surface area contributed by atoms with Gasteiger partial charge in [0, 0.05) is 17.0 Å². The largest absolute Gasteiger partial charge is 0.492 e. The molecule has 0 saturated heterocycles. The van der Waals surface area contributed by atoms with Gasteiger partial charge in [-0.1, -0.05) is 16.8 Å². The summed E-state index contributed by atoms with van der Waals surface area (Å²) in [6.45, 7) is 3.89. The zero-order valence-electron chi connectivity index (χ0n) is 14.7. The Morgan fingerprint density at radius 1 is 1.23 bits per heavy atom. The van der Waals surface area contributed by atoms with Crippen molar-refractivity contribution >= 4 is 23.5 Å². The van der Waals surface area contributed by atoms with Crippen molar-refractivity contribution in [3.8, 4) is 5.75 Å². The molecular formula is C18H21ClN2O5. The highest BCUT2D eigenvalue weighted by Crippen LogP contribution is 2.15. The van der Waals surface area contributed by atoms with Crippen molar-refractivity contribution in [2.24, 2.45) is 0 Å². The minimum Gasteiger partial charge on any atom is -0.492 e. The number of nitrogens with one attached hydrogen (secondary N) is 1. The van der Waals surface area contributed by atoms with Crippen molar-refractivity contribution in [2.45, 2.75) is 26.7 Å². The summed E-state index contributed by atoms with van der Waals surface area (Å²) in [6, 6.07) is 6.92. The van der Waals surface area contributed by atoms with Crippen molar-refractivity contribution in [3.05, 3.63) is 46.3 Å². The maximum atomic E-state index is 11.7. The van der Waals surface area contributed by atoms with Gasteiger partial charge in [-0.15, -0.1) is 0 Å². The lowest BCUT2D eigenvalue weighted by atomic mass is 10.1. The van der Waals surface area contributed by atoms with Crippen molar-refractivity contribution < 1.29 is 23.6 Å². The van der Waals surface area contributed by atoms with Crippen LogP contribution in [0.3, 0.4) is 0 Å². The van der Waals surface area contributed by atoms with E-state index in [0.29, 0.717) is 36.1 Å². The van der Waals surface area contributed by atoms with Crippen LogP contribution < -0.4 is 10.1 Å². The molecule has 0 spiro atoms. The first kappa shape index (κ1) is 19.8. The summed E-state index contributed by atoms with van der Waals surface area (Å²) >= 11 is 5.78. The number of rotatable bonds is 9. The fourth-order valence-corrected chi connectivity index (χ4v) is 2.37. The second kappa shape index (κ2) is 9.82. The van der Waals surface area contributed by atoms with Gasteiger partial charge in [0.15, 0.2) is 6.61 Å². The number of carbonyl (C=O) groups is 2. The second-order valence-electron chi connectivity index (χ2n) is 5.62. The van der Waals surface area contributed by atoms with Crippen molar-refractivity contribution in [1.82, 2.24) is 10.5 Å². The predicted octanol–water partition coefficient (Wildman–Crippen LogP) is 2.62. The number of hydrogen-bond acceptors (Lipinski definition) is 6. The van der Waals surface area contributed by atoms with Gasteiger partial charge in [-0.05, 0) is 44.5 Å². The van der Waals surface area contributed by atoms with Gasteiger partial charge in [-0.2, -0.15) is 0 Å². The molecule has 0 unspecified atom stereocenters. The van der Waals surface area contributed by atoms with Gasteiger partial charge in [0.2, 0.25) is 0 Å². The summed E-state index contributed by atoms with van der Waals surface area (Å²) < 4.78 is 15.4. The predicted molar refractivity (Wildman–Crippen MR) is 95.2 cm³/mol. The topological polar surface area (TPSA) is 90.7 Å². The van der Waals surface area contributed by atoms with Gasteiger partial charge in [0.05, 0.1) is 12.2 Å². The molecule has 2 rings (SSSR count). The summed E-state index contributed by atoms with van der Waals surface area (Å²) in [4.78, 5) is 23.4. The zero-order chi connectivity index (χ0) is 18.9. The van der Waals surface area contributed by atoms with Gasteiger partial charge >= 0.3 is 5.97 Å². The summed E-state index contributed by atoms with van der Waals surface area (Å²) in [5.41, 5.74) is 1.65. The van der Waals surface area contributed by atoms with E-state index in [1.807, 2.05) is 6.92 Å². The SMILES string of the molecule is Cc1noc(C)c1CCC(=O)OCC(=O)NCCOc1ccc(Cl)cc1. The molecule has 0 aliphatic carbocycles. The smallest absolute Gasteiger partial charge is 0.306 e. The average Bonchev–Trinajstić information content (AvgIpc) is 2.94. The fourth-order valence-electron chi connectivity index (χ4n) is 2.25. The molecule has 0 atom stereocenters. The number of ether oxygens (including phenoxy) is 2. The van der Waals surface area contributed by atoms with Crippen LogP contribution in [0.1, 0.15) is 23.4 Å². The molecule has 1 aromatic heterocycles. The number of benzene rings is 1. The Morgan fingerprint density at radius 2 is 1.96 bits per heavy atom. The molecule has 0 radical (unpaired) electrons. The van der Waals surface area contributed by atoms with Crippen LogP contribution in [-0.2, 0) is 20.7 Å². The zero-order valence-corrected chi connectivity index (χ0v) is 15.5. The number of carbonyl (C=O) groups excluding carboxylic acids is 2. The van der Waals surface area contributed by atoms with Crippen molar-refractivity contribution in [3.63, 3.8) is 0 Å². The Labute approximate surface area is 156 Å². The van der Waals surface area contributed by atoms with E-state index in [4.69, 9.17) is 25.6 Å². The minimum absolute atomic E-state index is 0.163. The molecule has 1 heterocycles. The highest BCUT2D eigenvalue weighted by molar-refractivity contribution is 6.30. The van der Waals surface area contributed by atoms with E-state index in [-0.39, 0.29) is 18.9 Å². The van der Waals surface area contributed by atoms with Gasteiger partial charge in [-0.3, -0.25) is 9.59 Å². The Morgan fingerprint density at radius 3 is 2.62 bits per heavy atom. The normalized spacial score (nSPS) is 10.4. The molecule has 0 aliphatic heterocycles. The molecule has 0 aliphatic rings. The summed E-state index contributed by atoms with van der Waals surface area (Å²) in [5.74, 6) is 0.524. The molecule has 7 nitrogen and oxygen atoms in total. The molecule has 26 heavy (non-hydrogen) atoms. The Kier molecular flexibility index (Phi) is 7.47. The molecule has 0 fully saturated rings. The second-order valence-corrected chi connectivity index (χ2v) is 6.05. The number of aryl methyl sites for hydroxylation is 2. The average molecular weight is 381 g/mol. The number of hydrogen-bond donors (Lipinski definition) is 1. The van der Waals surface area contributed by atoms with Crippen molar-refractivity contribution in [1.29, 1.82) is 0 Å². The number of nitrogens with zero attached hydrogens (tertiary/aromatic N) is 1. The van der Waals surface area contributed by atoms with E-state index in [1.54, 1.807) is 31.2 Å². The lowest BCUT2D eigenvalue weighted by Crippen LogP contribution is -2.32. The summed E-state index contributed by atoms with van der Waals surface area (Å²) in [7, 11) is 0. The number of esters is 1. The first-order chi connectivity index (χ1) is 12.5. The van der Waals surface area contributed by atoms with E-state index in [2.05, 4.69) is 10.5 Å². The monoisotopic (exact) mass is 380 g/mol. The van der Waals surface area contributed by atoms with Crippen LogP contribution in [-0.4, -0.2) is 36.8 Å². The summed E-state index contributed by atoms with van der Waals surface area (Å²) in [6.07, 6.45) is 0.631. The third-order valence-corrected chi connectivity index (χ3v) is 3.88. The first-order valence-electron chi connectivity index (χ1n) is 8.18. The molecule has 140 valence electrons. The minimum atomic E-state index is -0.447. The van der Waals surface area contributed by atoms with Crippen LogP contribution in [0.25, 0.3) is 0 Å². The van der Waals surface area contributed by atoms with Crippen LogP contribution >= 0.6 is 11.6 Å². The quantitative estimate of drug-likeness (QED) is 0.531. The highest BCUT2D eigenvalue weighted by atomic mass is 35.5. The van der Waals surface area contributed by atoms with E-state index in [1.165, 1.54) is 0 Å². The number of halogens is 1. The highest BCUT2D eigenvalue weighted by Gasteiger charge is 2.13. The van der Waals surface area contributed by atoms with E-state index < -0.39 is 5.97 Å².